The molecule has 0 bridgehead atoms. The molecule has 0 aliphatic rings. The van der Waals surface area contributed by atoms with E-state index in [9.17, 15) is 0 Å². The zero-order chi connectivity index (χ0) is 12.1. The average Bonchev–Trinajstić information content (AvgIpc) is 2.40. The second-order valence-corrected chi connectivity index (χ2v) is 5.69. The molecule has 0 spiro atoms. The number of fused-ring (bicyclic) bond motifs is 1. The summed E-state index contributed by atoms with van der Waals surface area (Å²) in [4.78, 5) is 4.68. The van der Waals surface area contributed by atoms with Crippen LogP contribution in [0.2, 0.25) is 0 Å². The number of pyridine rings is 1. The van der Waals surface area contributed by atoms with Gasteiger partial charge in [-0.05, 0) is 31.9 Å². The van der Waals surface area contributed by atoms with Crippen LogP contribution in [-0.2, 0) is 5.41 Å². The largest absolute Gasteiger partial charge is 0.303 e. The van der Waals surface area contributed by atoms with Crippen LogP contribution < -0.4 is 0 Å². The minimum absolute atomic E-state index is 0.129. The summed E-state index contributed by atoms with van der Waals surface area (Å²) in [6.07, 6.45) is 2.18. The molecule has 0 aliphatic carbocycles. The summed E-state index contributed by atoms with van der Waals surface area (Å²) >= 11 is 0. The van der Waals surface area contributed by atoms with Gasteiger partial charge in [0.2, 0.25) is 0 Å². The van der Waals surface area contributed by atoms with Gasteiger partial charge in [-0.3, -0.25) is 0 Å². The quantitative estimate of drug-likeness (QED) is 0.658. The van der Waals surface area contributed by atoms with Gasteiger partial charge in [-0.1, -0.05) is 26.8 Å². The standard InChI is InChI=1S/C14H20N2/c1-9-7-10(2)13-15-11(3)12(14(4,5)6)16(13)8-9/h7-8H,1-6H3. The van der Waals surface area contributed by atoms with E-state index in [4.69, 9.17) is 0 Å². The Hall–Kier alpha value is -1.31. The van der Waals surface area contributed by atoms with Crippen molar-refractivity contribution in [1.29, 1.82) is 0 Å². The van der Waals surface area contributed by atoms with E-state index in [1.54, 1.807) is 0 Å². The van der Waals surface area contributed by atoms with Crippen molar-refractivity contribution in [3.05, 3.63) is 34.8 Å². The van der Waals surface area contributed by atoms with Gasteiger partial charge in [-0.2, -0.15) is 0 Å². The summed E-state index contributed by atoms with van der Waals surface area (Å²) in [5.74, 6) is 0. The SMILES string of the molecule is Cc1cc(C)c2nc(C)c(C(C)(C)C)n2c1. The predicted molar refractivity (Wildman–Crippen MR) is 68.1 cm³/mol. The Balaban J connectivity index is 2.89. The van der Waals surface area contributed by atoms with Crippen LogP contribution in [0, 0.1) is 20.8 Å². The highest BCUT2D eigenvalue weighted by atomic mass is 15.0. The summed E-state index contributed by atoms with van der Waals surface area (Å²) in [5, 5.41) is 0. The van der Waals surface area contributed by atoms with Gasteiger partial charge in [0.05, 0.1) is 11.4 Å². The fourth-order valence-electron chi connectivity index (χ4n) is 2.50. The maximum absolute atomic E-state index is 4.68. The molecule has 2 nitrogen and oxygen atoms in total. The van der Waals surface area contributed by atoms with Gasteiger partial charge >= 0.3 is 0 Å². The van der Waals surface area contributed by atoms with Crippen molar-refractivity contribution in [2.24, 2.45) is 0 Å². The van der Waals surface area contributed by atoms with Crippen LogP contribution in [-0.4, -0.2) is 9.38 Å². The highest BCUT2D eigenvalue weighted by Crippen LogP contribution is 2.27. The Labute approximate surface area is 97.3 Å². The minimum Gasteiger partial charge on any atom is -0.303 e. The van der Waals surface area contributed by atoms with Gasteiger partial charge in [-0.25, -0.2) is 4.98 Å². The van der Waals surface area contributed by atoms with Gasteiger partial charge in [0.1, 0.15) is 5.65 Å². The molecule has 0 saturated carbocycles. The first-order chi connectivity index (χ1) is 7.30. The molecule has 0 unspecified atom stereocenters. The zero-order valence-electron chi connectivity index (χ0n) is 11.0. The second kappa shape index (κ2) is 3.34. The number of imidazole rings is 1. The van der Waals surface area contributed by atoms with E-state index < -0.39 is 0 Å². The normalized spacial score (nSPS) is 12.4. The van der Waals surface area contributed by atoms with Crippen molar-refractivity contribution in [2.75, 3.05) is 0 Å². The molecule has 2 aromatic heterocycles. The van der Waals surface area contributed by atoms with Crippen LogP contribution in [0.1, 0.15) is 43.3 Å². The highest BCUT2D eigenvalue weighted by molar-refractivity contribution is 5.52. The summed E-state index contributed by atoms with van der Waals surface area (Å²) in [7, 11) is 0. The molecule has 0 atom stereocenters. The molecule has 2 rings (SSSR count). The van der Waals surface area contributed by atoms with Crippen LogP contribution >= 0.6 is 0 Å². The van der Waals surface area contributed by atoms with E-state index in [0.29, 0.717) is 0 Å². The molecule has 2 heterocycles. The lowest BCUT2D eigenvalue weighted by Crippen LogP contribution is -2.16. The van der Waals surface area contributed by atoms with E-state index in [1.807, 2.05) is 0 Å². The monoisotopic (exact) mass is 216 g/mol. The Kier molecular flexibility index (Phi) is 2.33. The minimum atomic E-state index is 0.129. The molecule has 0 amide bonds. The van der Waals surface area contributed by atoms with Gasteiger partial charge in [0, 0.05) is 11.6 Å². The van der Waals surface area contributed by atoms with Crippen molar-refractivity contribution in [3.63, 3.8) is 0 Å². The maximum Gasteiger partial charge on any atom is 0.140 e. The van der Waals surface area contributed by atoms with Gasteiger partial charge in [0.15, 0.2) is 0 Å². The maximum atomic E-state index is 4.68. The van der Waals surface area contributed by atoms with E-state index in [1.165, 1.54) is 16.8 Å². The number of nitrogens with zero attached hydrogens (tertiary/aromatic N) is 2. The Morgan fingerprint density at radius 1 is 1.12 bits per heavy atom. The Morgan fingerprint density at radius 2 is 1.75 bits per heavy atom. The number of aromatic nitrogens is 2. The second-order valence-electron chi connectivity index (χ2n) is 5.69. The fourth-order valence-corrected chi connectivity index (χ4v) is 2.50. The molecule has 0 N–H and O–H groups in total. The number of hydrogen-bond donors (Lipinski definition) is 0. The lowest BCUT2D eigenvalue weighted by molar-refractivity contribution is 0.559. The number of rotatable bonds is 0. The molecule has 0 aliphatic heterocycles. The van der Waals surface area contributed by atoms with Crippen molar-refractivity contribution in [1.82, 2.24) is 9.38 Å². The summed E-state index contributed by atoms with van der Waals surface area (Å²) in [6, 6.07) is 2.19. The van der Waals surface area contributed by atoms with Crippen molar-refractivity contribution < 1.29 is 0 Å². The van der Waals surface area contributed by atoms with Gasteiger partial charge < -0.3 is 4.40 Å². The summed E-state index contributed by atoms with van der Waals surface area (Å²) in [6.45, 7) is 13.1. The van der Waals surface area contributed by atoms with Crippen LogP contribution in [0.25, 0.3) is 5.65 Å². The molecule has 2 heteroatoms. The van der Waals surface area contributed by atoms with E-state index in [-0.39, 0.29) is 5.41 Å². The molecular formula is C14H20N2. The third-order valence-electron chi connectivity index (χ3n) is 2.93. The highest BCUT2D eigenvalue weighted by Gasteiger charge is 2.22. The Morgan fingerprint density at radius 3 is 2.31 bits per heavy atom. The first-order valence-electron chi connectivity index (χ1n) is 5.77. The van der Waals surface area contributed by atoms with E-state index in [2.05, 4.69) is 63.2 Å². The third kappa shape index (κ3) is 1.62. The van der Waals surface area contributed by atoms with Crippen LogP contribution in [0.5, 0.6) is 0 Å². The summed E-state index contributed by atoms with van der Waals surface area (Å²) in [5.41, 5.74) is 6.21. The summed E-state index contributed by atoms with van der Waals surface area (Å²) < 4.78 is 2.25. The molecule has 0 aromatic carbocycles. The zero-order valence-corrected chi connectivity index (χ0v) is 11.0. The third-order valence-corrected chi connectivity index (χ3v) is 2.93. The lowest BCUT2D eigenvalue weighted by Gasteiger charge is -2.19. The van der Waals surface area contributed by atoms with Crippen LogP contribution in [0.3, 0.4) is 0 Å². The lowest BCUT2D eigenvalue weighted by atomic mass is 9.91. The first kappa shape index (κ1) is 11.2. The number of hydrogen-bond acceptors (Lipinski definition) is 1. The molecule has 16 heavy (non-hydrogen) atoms. The fraction of sp³-hybridized carbons (Fsp3) is 0.500. The van der Waals surface area contributed by atoms with E-state index >= 15 is 0 Å². The van der Waals surface area contributed by atoms with Crippen molar-refractivity contribution in [2.45, 2.75) is 47.0 Å². The van der Waals surface area contributed by atoms with Gasteiger partial charge in [-0.15, -0.1) is 0 Å². The van der Waals surface area contributed by atoms with Crippen LogP contribution in [0.15, 0.2) is 12.3 Å². The Bertz CT molecular complexity index is 542. The average molecular weight is 216 g/mol. The van der Waals surface area contributed by atoms with Crippen molar-refractivity contribution >= 4 is 5.65 Å². The molecular weight excluding hydrogens is 196 g/mol. The molecule has 0 fully saturated rings. The smallest absolute Gasteiger partial charge is 0.140 e. The number of aryl methyl sites for hydroxylation is 3. The molecule has 86 valence electrons. The van der Waals surface area contributed by atoms with Gasteiger partial charge in [0.25, 0.3) is 0 Å². The van der Waals surface area contributed by atoms with E-state index in [0.717, 1.165) is 11.3 Å². The topological polar surface area (TPSA) is 17.3 Å². The van der Waals surface area contributed by atoms with Crippen LogP contribution in [0.4, 0.5) is 0 Å². The molecule has 0 radical (unpaired) electrons. The first-order valence-corrected chi connectivity index (χ1v) is 5.77. The molecule has 0 saturated heterocycles. The predicted octanol–water partition coefficient (Wildman–Crippen LogP) is 3.56. The van der Waals surface area contributed by atoms with Crippen molar-refractivity contribution in [3.8, 4) is 0 Å². The molecule has 2 aromatic rings.